The minimum atomic E-state index is -0.652. The third kappa shape index (κ3) is 47.5. The van der Waals surface area contributed by atoms with Crippen molar-refractivity contribution in [3.05, 3.63) is 0 Å². The third-order valence-corrected chi connectivity index (χ3v) is 9.65. The summed E-state index contributed by atoms with van der Waals surface area (Å²) in [6.07, 6.45) is 45.5. The minimum Gasteiger partial charge on any atom is -0.481 e. The molecule has 0 amide bonds. The Kier molecular flexibility index (Phi) is 46.8. The van der Waals surface area contributed by atoms with Crippen LogP contribution in [0.1, 0.15) is 232 Å². The second-order valence-corrected chi connectivity index (χ2v) is 14.4. The highest BCUT2D eigenvalue weighted by Gasteiger charge is 2.03. The van der Waals surface area contributed by atoms with Crippen LogP contribution in [0, 0.1) is 0 Å². The van der Waals surface area contributed by atoms with Crippen LogP contribution < -0.4 is 0 Å². The summed E-state index contributed by atoms with van der Waals surface area (Å²) in [4.78, 5) is 12.5. The first-order chi connectivity index (χ1) is 23.1. The standard InChI is InChI=1S/C22H47NO2.C20H40O2/c1-2-3-4-5-6-7-8-9-10-11-12-13-14-15-16-17-18-23(19-21-24)20-22-25;1-2-3-4-5-6-7-8-9-10-11-12-13-14-15-16-17-18-19-20(21)22/h24-25H,2-22H2,1H3;2-19H2,1H3,(H,21,22). The largest absolute Gasteiger partial charge is 0.481 e. The molecule has 0 heterocycles. The van der Waals surface area contributed by atoms with E-state index in [-0.39, 0.29) is 13.2 Å². The van der Waals surface area contributed by atoms with Crippen molar-refractivity contribution in [2.75, 3.05) is 32.8 Å². The lowest BCUT2D eigenvalue weighted by Crippen LogP contribution is -2.30. The van der Waals surface area contributed by atoms with E-state index < -0.39 is 5.97 Å². The molecule has 0 aliphatic rings. The van der Waals surface area contributed by atoms with Crippen molar-refractivity contribution in [3.8, 4) is 0 Å². The minimum absolute atomic E-state index is 0.193. The van der Waals surface area contributed by atoms with E-state index >= 15 is 0 Å². The summed E-state index contributed by atoms with van der Waals surface area (Å²) in [6, 6.07) is 0. The quantitative estimate of drug-likeness (QED) is 0.0567. The molecule has 0 fully saturated rings. The molecule has 0 aromatic rings. The summed E-state index contributed by atoms with van der Waals surface area (Å²) >= 11 is 0. The van der Waals surface area contributed by atoms with E-state index in [1.807, 2.05) is 0 Å². The Bertz CT molecular complexity index is 553. The van der Waals surface area contributed by atoms with Crippen LogP contribution >= 0.6 is 0 Å². The Morgan fingerprint density at radius 3 is 0.830 bits per heavy atom. The van der Waals surface area contributed by atoms with Crippen molar-refractivity contribution in [1.82, 2.24) is 4.90 Å². The van der Waals surface area contributed by atoms with Gasteiger partial charge in [0.15, 0.2) is 0 Å². The molecule has 0 atom stereocenters. The highest BCUT2D eigenvalue weighted by molar-refractivity contribution is 5.66. The number of carboxylic acids is 1. The lowest BCUT2D eigenvalue weighted by atomic mass is 10.0. The van der Waals surface area contributed by atoms with Crippen molar-refractivity contribution in [2.24, 2.45) is 0 Å². The molecule has 47 heavy (non-hydrogen) atoms. The third-order valence-electron chi connectivity index (χ3n) is 9.65. The molecule has 0 aromatic carbocycles. The lowest BCUT2D eigenvalue weighted by Gasteiger charge is -2.19. The molecule has 0 aromatic heterocycles. The van der Waals surface area contributed by atoms with Crippen LogP contribution in [0.2, 0.25) is 0 Å². The molecule has 0 rings (SSSR count). The van der Waals surface area contributed by atoms with E-state index in [0.29, 0.717) is 19.5 Å². The van der Waals surface area contributed by atoms with E-state index in [0.717, 1.165) is 19.4 Å². The van der Waals surface area contributed by atoms with Crippen LogP contribution in [0.3, 0.4) is 0 Å². The summed E-state index contributed by atoms with van der Waals surface area (Å²) in [7, 11) is 0. The number of aliphatic carboxylic acids is 1. The maximum absolute atomic E-state index is 10.4. The summed E-state index contributed by atoms with van der Waals surface area (Å²) < 4.78 is 0. The van der Waals surface area contributed by atoms with Gasteiger partial charge >= 0.3 is 5.97 Å². The van der Waals surface area contributed by atoms with Gasteiger partial charge in [-0.1, -0.05) is 213 Å². The molecule has 0 saturated carbocycles. The fourth-order valence-corrected chi connectivity index (χ4v) is 6.50. The van der Waals surface area contributed by atoms with Crippen LogP contribution in [0.4, 0.5) is 0 Å². The Hall–Kier alpha value is -0.650. The molecule has 0 unspecified atom stereocenters. The van der Waals surface area contributed by atoms with Gasteiger partial charge in [-0.15, -0.1) is 0 Å². The molecule has 0 saturated heterocycles. The molecule has 0 aliphatic heterocycles. The summed E-state index contributed by atoms with van der Waals surface area (Å²) in [5.41, 5.74) is 0. The first kappa shape index (κ1) is 48.5. The van der Waals surface area contributed by atoms with Crippen molar-refractivity contribution in [2.45, 2.75) is 232 Å². The number of aliphatic hydroxyl groups is 2. The van der Waals surface area contributed by atoms with Crippen LogP contribution in [0.25, 0.3) is 0 Å². The average molecular weight is 670 g/mol. The summed E-state index contributed by atoms with van der Waals surface area (Å²) in [5.74, 6) is -0.652. The van der Waals surface area contributed by atoms with Gasteiger partial charge < -0.3 is 15.3 Å². The van der Waals surface area contributed by atoms with E-state index in [1.54, 1.807) is 0 Å². The molecule has 3 N–H and O–H groups in total. The monoisotopic (exact) mass is 670 g/mol. The fraction of sp³-hybridized carbons (Fsp3) is 0.976. The second-order valence-electron chi connectivity index (χ2n) is 14.4. The number of hydrogen-bond acceptors (Lipinski definition) is 4. The number of rotatable bonds is 39. The first-order valence-electron chi connectivity index (χ1n) is 21.3. The molecular weight excluding hydrogens is 582 g/mol. The Morgan fingerprint density at radius 2 is 0.596 bits per heavy atom. The number of aliphatic hydroxyl groups excluding tert-OH is 2. The van der Waals surface area contributed by atoms with Gasteiger partial charge in [0.2, 0.25) is 0 Å². The molecule has 284 valence electrons. The number of carboxylic acid groups (broad SMARTS) is 1. The van der Waals surface area contributed by atoms with Crippen LogP contribution in [-0.4, -0.2) is 59.0 Å². The van der Waals surface area contributed by atoms with Gasteiger partial charge in [0.05, 0.1) is 13.2 Å². The Morgan fingerprint density at radius 1 is 0.362 bits per heavy atom. The highest BCUT2D eigenvalue weighted by Crippen LogP contribution is 2.15. The number of carbonyl (C=O) groups is 1. The zero-order valence-corrected chi connectivity index (χ0v) is 32.3. The molecule has 5 heteroatoms. The van der Waals surface area contributed by atoms with Crippen molar-refractivity contribution in [1.29, 1.82) is 0 Å². The smallest absolute Gasteiger partial charge is 0.303 e. The number of hydrogen-bond donors (Lipinski definition) is 3. The van der Waals surface area contributed by atoms with Gasteiger partial charge in [0.25, 0.3) is 0 Å². The topological polar surface area (TPSA) is 81.0 Å². The second kappa shape index (κ2) is 45.3. The van der Waals surface area contributed by atoms with Crippen molar-refractivity contribution in [3.63, 3.8) is 0 Å². The number of nitrogens with zero attached hydrogens (tertiary/aromatic N) is 1. The fourth-order valence-electron chi connectivity index (χ4n) is 6.50. The van der Waals surface area contributed by atoms with Gasteiger partial charge in [-0.05, 0) is 19.4 Å². The lowest BCUT2D eigenvalue weighted by molar-refractivity contribution is -0.137. The molecule has 0 spiro atoms. The summed E-state index contributed by atoms with van der Waals surface area (Å²) in [5, 5.41) is 26.5. The number of unbranched alkanes of at least 4 members (excludes halogenated alkanes) is 31. The van der Waals surface area contributed by atoms with E-state index in [1.165, 1.54) is 199 Å². The molecular formula is C42H87NO4. The first-order valence-corrected chi connectivity index (χ1v) is 21.3. The van der Waals surface area contributed by atoms with Crippen LogP contribution in [0.15, 0.2) is 0 Å². The molecule has 5 nitrogen and oxygen atoms in total. The van der Waals surface area contributed by atoms with E-state index in [2.05, 4.69) is 18.7 Å². The van der Waals surface area contributed by atoms with Gasteiger partial charge in [0, 0.05) is 19.5 Å². The zero-order chi connectivity index (χ0) is 34.7. The maximum atomic E-state index is 10.4. The highest BCUT2D eigenvalue weighted by atomic mass is 16.4. The Labute approximate surface area is 295 Å². The van der Waals surface area contributed by atoms with Crippen molar-refractivity contribution >= 4 is 5.97 Å². The van der Waals surface area contributed by atoms with E-state index in [9.17, 15) is 4.79 Å². The molecule has 0 bridgehead atoms. The van der Waals surface area contributed by atoms with Crippen LogP contribution in [-0.2, 0) is 4.79 Å². The Balaban J connectivity index is 0. The van der Waals surface area contributed by atoms with Gasteiger partial charge in [-0.2, -0.15) is 0 Å². The van der Waals surface area contributed by atoms with E-state index in [4.69, 9.17) is 15.3 Å². The summed E-state index contributed by atoms with van der Waals surface area (Å²) in [6.45, 7) is 7.35. The SMILES string of the molecule is CCCCCCCCCCCCCCCCCCCC(=O)O.CCCCCCCCCCCCCCCCCCN(CCO)CCO. The molecule has 0 radical (unpaired) electrons. The average Bonchev–Trinajstić information content (AvgIpc) is 3.06. The zero-order valence-electron chi connectivity index (χ0n) is 32.3. The van der Waals surface area contributed by atoms with Crippen LogP contribution in [0.5, 0.6) is 0 Å². The van der Waals surface area contributed by atoms with Gasteiger partial charge in [-0.25, -0.2) is 0 Å². The predicted molar refractivity (Wildman–Crippen MR) is 207 cm³/mol. The maximum Gasteiger partial charge on any atom is 0.303 e. The van der Waals surface area contributed by atoms with Gasteiger partial charge in [-0.3, -0.25) is 9.69 Å². The van der Waals surface area contributed by atoms with Gasteiger partial charge in [0.1, 0.15) is 0 Å². The predicted octanol–water partition coefficient (Wildman–Crippen LogP) is 12.6. The van der Waals surface area contributed by atoms with Crippen molar-refractivity contribution < 1.29 is 20.1 Å². The molecule has 0 aliphatic carbocycles. The normalized spacial score (nSPS) is 11.3.